The van der Waals surface area contributed by atoms with Crippen LogP contribution in [0.2, 0.25) is 10.2 Å². The van der Waals surface area contributed by atoms with Gasteiger partial charge in [0.15, 0.2) is 5.15 Å². The number of nitrogens with one attached hydrogen (secondary N) is 1. The lowest BCUT2D eigenvalue weighted by Gasteiger charge is -2.27. The van der Waals surface area contributed by atoms with Gasteiger partial charge in [0.1, 0.15) is 0 Å². The summed E-state index contributed by atoms with van der Waals surface area (Å²) in [6.45, 7) is 3.02. The number of amides is 1. The highest BCUT2D eigenvalue weighted by molar-refractivity contribution is 6.34. The van der Waals surface area contributed by atoms with Gasteiger partial charge in [0.2, 0.25) is 0 Å². The van der Waals surface area contributed by atoms with Crippen molar-refractivity contribution < 1.29 is 4.79 Å². The van der Waals surface area contributed by atoms with E-state index >= 15 is 0 Å². The summed E-state index contributed by atoms with van der Waals surface area (Å²) in [5, 5.41) is 5.09. The number of pyridine rings is 1. The molecule has 25 heavy (non-hydrogen) atoms. The second kappa shape index (κ2) is 6.67. The van der Waals surface area contributed by atoms with E-state index in [-0.39, 0.29) is 5.91 Å². The zero-order valence-corrected chi connectivity index (χ0v) is 14.9. The normalized spacial score (nSPS) is 14.9. The summed E-state index contributed by atoms with van der Waals surface area (Å²) in [4.78, 5) is 19.1. The van der Waals surface area contributed by atoms with Gasteiger partial charge in [0, 0.05) is 54.7 Å². The molecule has 0 bridgehead atoms. The van der Waals surface area contributed by atoms with Crippen LogP contribution >= 0.6 is 23.2 Å². The number of nitrogens with zero attached hydrogens (tertiary/aromatic N) is 3. The number of carbonyl (C=O) groups excluding carboxylic acids is 1. The summed E-state index contributed by atoms with van der Waals surface area (Å²) in [7, 11) is 0. The van der Waals surface area contributed by atoms with Crippen molar-refractivity contribution in [2.75, 3.05) is 26.2 Å². The highest BCUT2D eigenvalue weighted by Crippen LogP contribution is 2.30. The van der Waals surface area contributed by atoms with Gasteiger partial charge in [-0.3, -0.25) is 4.79 Å². The molecule has 5 nitrogen and oxygen atoms in total. The van der Waals surface area contributed by atoms with Gasteiger partial charge < -0.3 is 14.8 Å². The minimum absolute atomic E-state index is 0.0153. The molecule has 4 rings (SSSR count). The number of halogens is 2. The third kappa shape index (κ3) is 2.99. The van der Waals surface area contributed by atoms with Crippen LogP contribution in [-0.2, 0) is 0 Å². The molecule has 0 atom stereocenters. The van der Waals surface area contributed by atoms with Crippen LogP contribution in [0.15, 0.2) is 42.7 Å². The summed E-state index contributed by atoms with van der Waals surface area (Å²) in [5.41, 5.74) is 2.24. The molecule has 1 N–H and O–H groups in total. The Bertz CT molecular complexity index is 930. The molecule has 0 aliphatic carbocycles. The van der Waals surface area contributed by atoms with Crippen LogP contribution < -0.4 is 5.32 Å². The zero-order valence-electron chi connectivity index (χ0n) is 13.4. The average molecular weight is 375 g/mol. The number of aromatic nitrogens is 2. The molecular formula is C18H16Cl2N4O. The number of benzene rings is 1. The predicted molar refractivity (Wildman–Crippen MR) is 99.9 cm³/mol. The summed E-state index contributed by atoms with van der Waals surface area (Å²) < 4.78 is 1.90. The minimum Gasteiger partial charge on any atom is -0.336 e. The maximum absolute atomic E-state index is 13.0. The van der Waals surface area contributed by atoms with Crippen LogP contribution in [-0.4, -0.2) is 46.5 Å². The highest BCUT2D eigenvalue weighted by atomic mass is 35.5. The average Bonchev–Trinajstić information content (AvgIpc) is 3.03. The maximum atomic E-state index is 13.0. The van der Waals surface area contributed by atoms with Crippen LogP contribution in [0.4, 0.5) is 0 Å². The number of fused-ring (bicyclic) bond motifs is 1. The first kappa shape index (κ1) is 16.4. The molecule has 3 aromatic rings. The Labute approximate surface area is 155 Å². The Morgan fingerprint density at radius 2 is 1.80 bits per heavy atom. The minimum atomic E-state index is 0.0153. The first-order valence-corrected chi connectivity index (χ1v) is 8.82. The van der Waals surface area contributed by atoms with Crippen molar-refractivity contribution in [1.29, 1.82) is 0 Å². The fourth-order valence-corrected chi connectivity index (χ4v) is 3.53. The SMILES string of the molecule is O=C(c1cn(-c2ccc(Cl)cc2)c2c(Cl)nccc12)N1CCNCC1. The van der Waals surface area contributed by atoms with E-state index in [0.717, 1.165) is 29.7 Å². The van der Waals surface area contributed by atoms with Crippen molar-refractivity contribution >= 4 is 40.0 Å². The molecule has 0 unspecified atom stereocenters. The lowest BCUT2D eigenvalue weighted by atomic mass is 10.2. The van der Waals surface area contributed by atoms with Crippen LogP contribution in [0.1, 0.15) is 10.4 Å². The van der Waals surface area contributed by atoms with Gasteiger partial charge in [-0.05, 0) is 30.3 Å². The Morgan fingerprint density at radius 3 is 2.52 bits per heavy atom. The summed E-state index contributed by atoms with van der Waals surface area (Å²) in [6, 6.07) is 9.24. The summed E-state index contributed by atoms with van der Waals surface area (Å²) >= 11 is 12.3. The van der Waals surface area contributed by atoms with E-state index in [1.54, 1.807) is 6.20 Å². The van der Waals surface area contributed by atoms with E-state index in [2.05, 4.69) is 10.3 Å². The lowest BCUT2D eigenvalue weighted by Crippen LogP contribution is -2.46. The van der Waals surface area contributed by atoms with Gasteiger partial charge >= 0.3 is 0 Å². The predicted octanol–water partition coefficient (Wildman–Crippen LogP) is 3.38. The molecule has 2 aromatic heterocycles. The fraction of sp³-hybridized carbons (Fsp3) is 0.222. The Kier molecular flexibility index (Phi) is 4.37. The lowest BCUT2D eigenvalue weighted by molar-refractivity contribution is 0.0737. The number of hydrogen-bond acceptors (Lipinski definition) is 3. The van der Waals surface area contributed by atoms with Crippen molar-refractivity contribution in [3.63, 3.8) is 0 Å². The number of hydrogen-bond donors (Lipinski definition) is 1. The Morgan fingerprint density at radius 1 is 1.08 bits per heavy atom. The van der Waals surface area contributed by atoms with Crippen molar-refractivity contribution in [1.82, 2.24) is 19.8 Å². The van der Waals surface area contributed by atoms with Crippen LogP contribution in [0.25, 0.3) is 16.6 Å². The Hall–Kier alpha value is -2.08. The Balaban J connectivity index is 1.87. The van der Waals surface area contributed by atoms with Gasteiger partial charge in [0.05, 0.1) is 11.1 Å². The molecule has 1 aromatic carbocycles. The number of rotatable bonds is 2. The molecule has 3 heterocycles. The van der Waals surface area contributed by atoms with Gasteiger partial charge in [-0.2, -0.15) is 0 Å². The van der Waals surface area contributed by atoms with Gasteiger partial charge in [0.25, 0.3) is 5.91 Å². The van der Waals surface area contributed by atoms with Crippen LogP contribution in [0, 0.1) is 0 Å². The first-order valence-electron chi connectivity index (χ1n) is 8.06. The molecule has 1 fully saturated rings. The molecule has 0 radical (unpaired) electrons. The molecule has 1 aliphatic heterocycles. The van der Waals surface area contributed by atoms with Crippen LogP contribution in [0.5, 0.6) is 0 Å². The van der Waals surface area contributed by atoms with Gasteiger partial charge in [-0.25, -0.2) is 4.98 Å². The van der Waals surface area contributed by atoms with Crippen molar-refractivity contribution in [2.24, 2.45) is 0 Å². The molecular weight excluding hydrogens is 359 g/mol. The summed E-state index contributed by atoms with van der Waals surface area (Å²) in [6.07, 6.45) is 3.47. The molecule has 1 aliphatic rings. The molecule has 0 spiro atoms. The van der Waals surface area contributed by atoms with Crippen molar-refractivity contribution in [2.45, 2.75) is 0 Å². The molecule has 7 heteroatoms. The molecule has 1 amide bonds. The second-order valence-electron chi connectivity index (χ2n) is 5.93. The molecule has 0 saturated carbocycles. The highest BCUT2D eigenvalue weighted by Gasteiger charge is 2.23. The first-order chi connectivity index (χ1) is 12.1. The number of carbonyl (C=O) groups is 1. The quantitative estimate of drug-likeness (QED) is 0.699. The van der Waals surface area contributed by atoms with Crippen molar-refractivity contribution in [3.05, 3.63) is 58.5 Å². The van der Waals surface area contributed by atoms with E-state index < -0.39 is 0 Å². The van der Waals surface area contributed by atoms with Gasteiger partial charge in [-0.15, -0.1) is 0 Å². The monoisotopic (exact) mass is 374 g/mol. The number of piperazine rings is 1. The topological polar surface area (TPSA) is 50.2 Å². The maximum Gasteiger partial charge on any atom is 0.256 e. The van der Waals surface area contributed by atoms with E-state index in [0.29, 0.717) is 28.8 Å². The van der Waals surface area contributed by atoms with E-state index in [1.165, 1.54) is 0 Å². The van der Waals surface area contributed by atoms with E-state index in [9.17, 15) is 4.79 Å². The summed E-state index contributed by atoms with van der Waals surface area (Å²) in [5.74, 6) is 0.0153. The van der Waals surface area contributed by atoms with Crippen molar-refractivity contribution in [3.8, 4) is 5.69 Å². The smallest absolute Gasteiger partial charge is 0.256 e. The van der Waals surface area contributed by atoms with E-state index in [4.69, 9.17) is 23.2 Å². The zero-order chi connectivity index (χ0) is 17.4. The molecule has 1 saturated heterocycles. The van der Waals surface area contributed by atoms with E-state index in [1.807, 2.05) is 46.0 Å². The third-order valence-electron chi connectivity index (χ3n) is 4.41. The molecule has 128 valence electrons. The van der Waals surface area contributed by atoms with Gasteiger partial charge in [-0.1, -0.05) is 23.2 Å². The standard InChI is InChI=1S/C18H16Cl2N4O/c19-12-1-3-13(4-2-12)24-11-15(14-5-6-22-17(20)16(14)24)18(25)23-9-7-21-8-10-23/h1-6,11,21H,7-10H2. The van der Waals surface area contributed by atoms with Crippen LogP contribution in [0.3, 0.4) is 0 Å². The fourth-order valence-electron chi connectivity index (χ4n) is 3.15. The largest absolute Gasteiger partial charge is 0.336 e. The third-order valence-corrected chi connectivity index (χ3v) is 4.94. The second-order valence-corrected chi connectivity index (χ2v) is 6.72.